The first-order valence-electron chi connectivity index (χ1n) is 6.55. The van der Waals surface area contributed by atoms with E-state index in [1.807, 2.05) is 6.92 Å². The van der Waals surface area contributed by atoms with Crippen LogP contribution in [0.4, 0.5) is 10.1 Å². The Balaban J connectivity index is 2.14. The Labute approximate surface area is 117 Å². The minimum absolute atomic E-state index is 0.0930. The zero-order chi connectivity index (χ0) is 14.5. The Morgan fingerprint density at radius 3 is 3.00 bits per heavy atom. The lowest BCUT2D eigenvalue weighted by molar-refractivity contribution is -0.126. The van der Waals surface area contributed by atoms with Crippen molar-refractivity contribution in [1.29, 1.82) is 0 Å². The number of carbonyl (C=O) groups is 1. The van der Waals surface area contributed by atoms with E-state index in [0.29, 0.717) is 17.7 Å². The highest BCUT2D eigenvalue weighted by molar-refractivity contribution is 5.95. The second kappa shape index (κ2) is 6.51. The van der Waals surface area contributed by atoms with Gasteiger partial charge in [-0.05, 0) is 38.0 Å². The molecule has 106 valence electrons. The Kier molecular flexibility index (Phi) is 4.72. The van der Waals surface area contributed by atoms with Gasteiger partial charge in [0.1, 0.15) is 11.9 Å². The summed E-state index contributed by atoms with van der Waals surface area (Å²) in [5, 5.41) is 2.74. The summed E-state index contributed by atoms with van der Waals surface area (Å²) in [5.41, 5.74) is 6.19. The number of anilines is 1. The molecule has 1 amide bonds. The molecule has 2 atom stereocenters. The summed E-state index contributed by atoms with van der Waals surface area (Å²) in [5.74, 6) is 4.77. The molecule has 0 radical (unpaired) electrons. The van der Waals surface area contributed by atoms with Crippen LogP contribution in [0.1, 0.15) is 25.3 Å². The van der Waals surface area contributed by atoms with E-state index in [1.165, 1.54) is 18.2 Å². The van der Waals surface area contributed by atoms with Gasteiger partial charge in [0.15, 0.2) is 0 Å². The summed E-state index contributed by atoms with van der Waals surface area (Å²) in [7, 11) is 0. The summed E-state index contributed by atoms with van der Waals surface area (Å²) in [6.45, 7) is 2.11. The largest absolute Gasteiger partial charge is 0.365 e. The highest BCUT2D eigenvalue weighted by atomic mass is 19.1. The molecule has 1 saturated heterocycles. The van der Waals surface area contributed by atoms with Crippen molar-refractivity contribution in [3.8, 4) is 11.8 Å². The maximum absolute atomic E-state index is 13.2. The first-order valence-corrected chi connectivity index (χ1v) is 6.55. The van der Waals surface area contributed by atoms with Crippen LogP contribution < -0.4 is 11.1 Å². The van der Waals surface area contributed by atoms with Gasteiger partial charge < -0.3 is 15.8 Å². The summed E-state index contributed by atoms with van der Waals surface area (Å²) in [6, 6.07) is 4.05. The molecule has 1 aromatic carbocycles. The Hall–Kier alpha value is -1.90. The summed E-state index contributed by atoms with van der Waals surface area (Å²) in [6.07, 6.45) is 1.19. The minimum Gasteiger partial charge on any atom is -0.365 e. The van der Waals surface area contributed by atoms with E-state index >= 15 is 0 Å². The van der Waals surface area contributed by atoms with E-state index in [4.69, 9.17) is 10.5 Å². The Morgan fingerprint density at radius 2 is 2.35 bits per heavy atom. The molecule has 4 nitrogen and oxygen atoms in total. The third-order valence-corrected chi connectivity index (χ3v) is 3.09. The van der Waals surface area contributed by atoms with Crippen molar-refractivity contribution in [2.45, 2.75) is 32.0 Å². The number of rotatable bonds is 2. The van der Waals surface area contributed by atoms with Crippen LogP contribution in [0.15, 0.2) is 18.2 Å². The van der Waals surface area contributed by atoms with Crippen LogP contribution in [0.2, 0.25) is 0 Å². The molecule has 1 aliphatic heterocycles. The lowest BCUT2D eigenvalue weighted by Gasteiger charge is -2.13. The van der Waals surface area contributed by atoms with Gasteiger partial charge in [0.2, 0.25) is 0 Å². The fourth-order valence-electron chi connectivity index (χ4n) is 2.08. The monoisotopic (exact) mass is 276 g/mol. The topological polar surface area (TPSA) is 64.4 Å². The lowest BCUT2D eigenvalue weighted by atomic mass is 10.1. The lowest BCUT2D eigenvalue weighted by Crippen LogP contribution is -2.28. The van der Waals surface area contributed by atoms with Gasteiger partial charge >= 0.3 is 0 Å². The fourth-order valence-corrected chi connectivity index (χ4v) is 2.08. The van der Waals surface area contributed by atoms with E-state index in [-0.39, 0.29) is 18.6 Å². The predicted molar refractivity (Wildman–Crippen MR) is 74.5 cm³/mol. The average Bonchev–Trinajstić information content (AvgIpc) is 2.85. The summed E-state index contributed by atoms with van der Waals surface area (Å²) >= 11 is 0. The van der Waals surface area contributed by atoms with Gasteiger partial charge in [-0.3, -0.25) is 4.79 Å². The van der Waals surface area contributed by atoms with Gasteiger partial charge in [-0.1, -0.05) is 11.8 Å². The molecule has 0 spiro atoms. The standard InChI is InChI=1S/C15H17FN2O2/c1-10-4-7-14(20-10)15(19)18-13-6-5-12(16)9-11(13)3-2-8-17/h5-6,9-10,14H,4,7-8,17H2,1H3,(H,18,19). The minimum atomic E-state index is -0.453. The predicted octanol–water partition coefficient (Wildman–Crippen LogP) is 1.64. The van der Waals surface area contributed by atoms with Crippen molar-refractivity contribution < 1.29 is 13.9 Å². The number of nitrogens with one attached hydrogen (secondary N) is 1. The number of nitrogens with two attached hydrogens (primary N) is 1. The van der Waals surface area contributed by atoms with Crippen LogP contribution in [0, 0.1) is 17.7 Å². The molecule has 0 bridgehead atoms. The molecule has 1 aromatic rings. The number of benzene rings is 1. The molecule has 1 fully saturated rings. The highest BCUT2D eigenvalue weighted by Crippen LogP contribution is 2.22. The second-order valence-electron chi connectivity index (χ2n) is 4.70. The van der Waals surface area contributed by atoms with Crippen molar-refractivity contribution in [2.75, 3.05) is 11.9 Å². The van der Waals surface area contributed by atoms with Crippen LogP contribution in [-0.2, 0) is 9.53 Å². The SMILES string of the molecule is CC1CCC(C(=O)Nc2ccc(F)cc2C#CCN)O1. The van der Waals surface area contributed by atoms with Crippen molar-refractivity contribution in [1.82, 2.24) is 0 Å². The second-order valence-corrected chi connectivity index (χ2v) is 4.70. The first-order chi connectivity index (χ1) is 9.60. The number of hydrogen-bond acceptors (Lipinski definition) is 3. The Morgan fingerprint density at radius 1 is 1.55 bits per heavy atom. The molecule has 1 heterocycles. The molecule has 2 unspecified atom stereocenters. The average molecular weight is 276 g/mol. The normalized spacial score (nSPS) is 21.1. The molecule has 1 aliphatic rings. The van der Waals surface area contributed by atoms with Crippen molar-refractivity contribution >= 4 is 11.6 Å². The van der Waals surface area contributed by atoms with Gasteiger partial charge in [-0.15, -0.1) is 0 Å². The number of ether oxygens (including phenoxy) is 1. The van der Waals surface area contributed by atoms with Gasteiger partial charge in [0.05, 0.1) is 23.9 Å². The third-order valence-electron chi connectivity index (χ3n) is 3.09. The van der Waals surface area contributed by atoms with Gasteiger partial charge in [0.25, 0.3) is 5.91 Å². The molecule has 0 aromatic heterocycles. The zero-order valence-corrected chi connectivity index (χ0v) is 11.3. The smallest absolute Gasteiger partial charge is 0.253 e. The van der Waals surface area contributed by atoms with E-state index in [1.54, 1.807) is 0 Å². The number of hydrogen-bond donors (Lipinski definition) is 2. The first kappa shape index (κ1) is 14.5. The summed E-state index contributed by atoms with van der Waals surface area (Å²) < 4.78 is 18.7. The number of amides is 1. The van der Waals surface area contributed by atoms with Crippen molar-refractivity contribution in [3.05, 3.63) is 29.6 Å². The molecule has 0 aliphatic carbocycles. The van der Waals surface area contributed by atoms with Crippen LogP contribution in [-0.4, -0.2) is 24.7 Å². The van der Waals surface area contributed by atoms with E-state index in [0.717, 1.165) is 6.42 Å². The van der Waals surface area contributed by atoms with E-state index in [9.17, 15) is 9.18 Å². The highest BCUT2D eigenvalue weighted by Gasteiger charge is 2.28. The number of halogens is 1. The third kappa shape index (κ3) is 3.56. The van der Waals surface area contributed by atoms with Gasteiger partial charge in [0, 0.05) is 0 Å². The molecular weight excluding hydrogens is 259 g/mol. The van der Waals surface area contributed by atoms with Crippen LogP contribution in [0.25, 0.3) is 0 Å². The van der Waals surface area contributed by atoms with Crippen LogP contribution in [0.5, 0.6) is 0 Å². The molecular formula is C15H17FN2O2. The zero-order valence-electron chi connectivity index (χ0n) is 11.3. The molecule has 20 heavy (non-hydrogen) atoms. The summed E-state index contributed by atoms with van der Waals surface area (Å²) in [4.78, 5) is 12.1. The van der Waals surface area contributed by atoms with Gasteiger partial charge in [-0.2, -0.15) is 0 Å². The van der Waals surface area contributed by atoms with Crippen LogP contribution in [0.3, 0.4) is 0 Å². The quantitative estimate of drug-likeness (QED) is 0.807. The van der Waals surface area contributed by atoms with Gasteiger partial charge in [-0.25, -0.2) is 4.39 Å². The van der Waals surface area contributed by atoms with Crippen molar-refractivity contribution in [2.24, 2.45) is 5.73 Å². The van der Waals surface area contributed by atoms with Crippen molar-refractivity contribution in [3.63, 3.8) is 0 Å². The molecule has 0 saturated carbocycles. The maximum atomic E-state index is 13.2. The van der Waals surface area contributed by atoms with Crippen LogP contribution >= 0.6 is 0 Å². The Bertz CT molecular complexity index is 563. The van der Waals surface area contributed by atoms with E-state index in [2.05, 4.69) is 17.2 Å². The molecule has 5 heteroatoms. The molecule has 2 rings (SSSR count). The molecule has 3 N–H and O–H groups in total. The maximum Gasteiger partial charge on any atom is 0.253 e. The number of carbonyl (C=O) groups excluding carboxylic acids is 1. The fraction of sp³-hybridized carbons (Fsp3) is 0.400. The van der Waals surface area contributed by atoms with E-state index < -0.39 is 11.9 Å².